The van der Waals surface area contributed by atoms with Crippen LogP contribution in [0, 0.1) is 23.2 Å². The van der Waals surface area contributed by atoms with E-state index in [1.807, 2.05) is 6.07 Å². The minimum atomic E-state index is -0.0615. The molecule has 2 aliphatic carbocycles. The summed E-state index contributed by atoms with van der Waals surface area (Å²) in [6, 6.07) is 8.68. The van der Waals surface area contributed by atoms with Crippen molar-refractivity contribution in [3.8, 4) is 5.75 Å². The molecule has 3 saturated heterocycles. The second-order valence-corrected chi connectivity index (χ2v) is 11.6. The number of carbonyl (C=O) groups excluding carboxylic acids is 1. The SMILES string of the molecule is COc1cccc(N2CCN(C[C@@H]3C(=O)O[C@@H]4C[C@@]5(C)CCC[C@H](C)[C@]56O[C@H]6[C@H]34)C[C@@H]2C)c1. The highest BCUT2D eigenvalue weighted by molar-refractivity contribution is 5.76. The molecule has 6 heteroatoms. The Morgan fingerprint density at radius 1 is 1.24 bits per heavy atom. The summed E-state index contributed by atoms with van der Waals surface area (Å²) in [5.74, 6) is 1.63. The van der Waals surface area contributed by atoms with E-state index in [-0.39, 0.29) is 41.0 Å². The Hall–Kier alpha value is -1.79. The fourth-order valence-electron chi connectivity index (χ4n) is 8.09. The molecule has 5 fully saturated rings. The average Bonchev–Trinajstić information content (AvgIpc) is 3.48. The molecule has 6 nitrogen and oxygen atoms in total. The van der Waals surface area contributed by atoms with Gasteiger partial charge in [0.05, 0.1) is 19.1 Å². The van der Waals surface area contributed by atoms with Crippen LogP contribution in [0.2, 0.25) is 0 Å². The van der Waals surface area contributed by atoms with Crippen LogP contribution < -0.4 is 9.64 Å². The smallest absolute Gasteiger partial charge is 0.311 e. The Morgan fingerprint density at radius 3 is 2.88 bits per heavy atom. The number of esters is 1. The Morgan fingerprint density at radius 2 is 2.09 bits per heavy atom. The van der Waals surface area contributed by atoms with Crippen LogP contribution >= 0.6 is 0 Å². The van der Waals surface area contributed by atoms with Crippen LogP contribution in [0.3, 0.4) is 0 Å². The molecule has 180 valence electrons. The van der Waals surface area contributed by atoms with Crippen molar-refractivity contribution in [1.29, 1.82) is 0 Å². The number of hydrogen-bond donors (Lipinski definition) is 0. The monoisotopic (exact) mass is 454 g/mol. The van der Waals surface area contributed by atoms with Crippen molar-refractivity contribution >= 4 is 11.7 Å². The molecule has 5 aliphatic rings. The van der Waals surface area contributed by atoms with Gasteiger partial charge >= 0.3 is 5.97 Å². The van der Waals surface area contributed by atoms with Crippen LogP contribution in [0.1, 0.15) is 46.5 Å². The van der Waals surface area contributed by atoms with E-state index in [2.05, 4.69) is 48.8 Å². The lowest BCUT2D eigenvalue weighted by Gasteiger charge is -2.49. The molecule has 2 saturated carbocycles. The number of methoxy groups -OCH3 is 1. The Balaban J connectivity index is 1.15. The number of epoxide rings is 1. The summed E-state index contributed by atoms with van der Waals surface area (Å²) in [6.07, 6.45) is 4.91. The lowest BCUT2D eigenvalue weighted by atomic mass is 9.53. The molecule has 0 radical (unpaired) electrons. The van der Waals surface area contributed by atoms with Crippen molar-refractivity contribution in [2.75, 3.05) is 38.2 Å². The largest absolute Gasteiger partial charge is 0.497 e. The molecule has 0 bridgehead atoms. The van der Waals surface area contributed by atoms with E-state index in [1.54, 1.807) is 7.11 Å². The molecule has 1 aromatic rings. The molecular formula is C27H38N2O4. The van der Waals surface area contributed by atoms with Gasteiger partial charge in [-0.1, -0.05) is 26.3 Å². The first kappa shape index (κ1) is 21.7. The molecule has 8 atom stereocenters. The van der Waals surface area contributed by atoms with E-state index in [9.17, 15) is 4.79 Å². The highest BCUT2D eigenvalue weighted by Gasteiger charge is 2.78. The first-order valence-electron chi connectivity index (χ1n) is 12.9. The zero-order chi connectivity index (χ0) is 23.0. The van der Waals surface area contributed by atoms with Crippen LogP contribution in [-0.2, 0) is 14.3 Å². The molecule has 1 spiro atoms. The molecule has 0 amide bonds. The van der Waals surface area contributed by atoms with Gasteiger partial charge in [-0.25, -0.2) is 0 Å². The number of nitrogens with zero attached hydrogens (tertiary/aromatic N) is 2. The zero-order valence-electron chi connectivity index (χ0n) is 20.5. The van der Waals surface area contributed by atoms with Crippen LogP contribution in [0.4, 0.5) is 5.69 Å². The van der Waals surface area contributed by atoms with Gasteiger partial charge in [0.25, 0.3) is 0 Å². The Kier molecular flexibility index (Phi) is 5.01. The summed E-state index contributed by atoms with van der Waals surface area (Å²) in [5, 5.41) is 0. The van der Waals surface area contributed by atoms with Gasteiger partial charge in [-0.2, -0.15) is 0 Å². The quantitative estimate of drug-likeness (QED) is 0.510. The number of hydrogen-bond acceptors (Lipinski definition) is 6. The zero-order valence-corrected chi connectivity index (χ0v) is 20.5. The van der Waals surface area contributed by atoms with E-state index < -0.39 is 0 Å². The number of piperazine rings is 1. The molecule has 3 aliphatic heterocycles. The van der Waals surface area contributed by atoms with Crippen molar-refractivity contribution in [3.05, 3.63) is 24.3 Å². The molecule has 0 aromatic heterocycles. The number of rotatable bonds is 4. The van der Waals surface area contributed by atoms with E-state index in [0.717, 1.165) is 38.3 Å². The maximum atomic E-state index is 13.1. The van der Waals surface area contributed by atoms with Crippen molar-refractivity contribution in [2.24, 2.45) is 23.2 Å². The van der Waals surface area contributed by atoms with Gasteiger partial charge in [-0.05, 0) is 44.2 Å². The summed E-state index contributed by atoms with van der Waals surface area (Å²) in [4.78, 5) is 18.0. The number of ether oxygens (including phenoxy) is 3. The van der Waals surface area contributed by atoms with E-state index in [0.29, 0.717) is 12.0 Å². The molecular weight excluding hydrogens is 416 g/mol. The van der Waals surface area contributed by atoms with Crippen molar-refractivity contribution in [2.45, 2.75) is 70.3 Å². The van der Waals surface area contributed by atoms with E-state index in [4.69, 9.17) is 14.2 Å². The number of fused-ring (bicyclic) bond motifs is 2. The first-order valence-corrected chi connectivity index (χ1v) is 12.9. The van der Waals surface area contributed by atoms with Gasteiger partial charge in [-0.15, -0.1) is 0 Å². The summed E-state index contributed by atoms with van der Waals surface area (Å²) in [6.45, 7) is 10.7. The number of anilines is 1. The maximum Gasteiger partial charge on any atom is 0.311 e. The third-order valence-electron chi connectivity index (χ3n) is 9.75. The van der Waals surface area contributed by atoms with Gasteiger partial charge in [0, 0.05) is 55.3 Å². The molecule has 1 aromatic carbocycles. The Bertz CT molecular complexity index is 938. The van der Waals surface area contributed by atoms with Crippen LogP contribution in [0.25, 0.3) is 0 Å². The van der Waals surface area contributed by atoms with E-state index >= 15 is 0 Å². The maximum absolute atomic E-state index is 13.1. The average molecular weight is 455 g/mol. The number of benzene rings is 1. The fraction of sp³-hybridized carbons (Fsp3) is 0.741. The normalized spacial score (nSPS) is 44.5. The molecule has 3 heterocycles. The third kappa shape index (κ3) is 3.16. The second-order valence-electron chi connectivity index (χ2n) is 11.6. The fourth-order valence-corrected chi connectivity index (χ4v) is 8.09. The van der Waals surface area contributed by atoms with Crippen molar-refractivity contribution in [1.82, 2.24) is 4.90 Å². The number of carbonyl (C=O) groups is 1. The highest BCUT2D eigenvalue weighted by Crippen LogP contribution is 2.70. The van der Waals surface area contributed by atoms with Crippen molar-refractivity contribution < 1.29 is 19.0 Å². The Labute approximate surface area is 197 Å². The second kappa shape index (κ2) is 7.61. The van der Waals surface area contributed by atoms with Gasteiger partial charge in [-0.3, -0.25) is 9.69 Å². The lowest BCUT2D eigenvalue weighted by Crippen LogP contribution is -2.56. The van der Waals surface area contributed by atoms with Gasteiger partial charge in [0.2, 0.25) is 0 Å². The summed E-state index contributed by atoms with van der Waals surface area (Å²) in [5.41, 5.74) is 1.34. The predicted octanol–water partition coefficient (Wildman–Crippen LogP) is 3.73. The van der Waals surface area contributed by atoms with Gasteiger partial charge in [0.15, 0.2) is 0 Å². The van der Waals surface area contributed by atoms with Crippen LogP contribution in [-0.4, -0.2) is 68.0 Å². The topological polar surface area (TPSA) is 54.5 Å². The molecule has 33 heavy (non-hydrogen) atoms. The molecule has 6 rings (SSSR count). The standard InChI is InChI=1S/C27H38N2O4/c1-17-7-6-10-26(3)14-22-23(24-27(17,26)33-24)21(25(30)32-22)16-28-11-12-29(18(2)15-28)19-8-5-9-20(13-19)31-4/h5,8-9,13,17-18,21-24H,6-7,10-12,14-16H2,1-4H3/t17-,18-,21-,22+,23+,24-,26+,27+/m0/s1. The highest BCUT2D eigenvalue weighted by atomic mass is 16.6. The first-order chi connectivity index (χ1) is 15.9. The summed E-state index contributed by atoms with van der Waals surface area (Å²) in [7, 11) is 1.71. The van der Waals surface area contributed by atoms with E-state index in [1.165, 1.54) is 24.9 Å². The van der Waals surface area contributed by atoms with Crippen LogP contribution in [0.15, 0.2) is 24.3 Å². The van der Waals surface area contributed by atoms with Gasteiger partial charge in [0.1, 0.15) is 17.5 Å². The van der Waals surface area contributed by atoms with Crippen molar-refractivity contribution in [3.63, 3.8) is 0 Å². The minimum absolute atomic E-state index is 0.00780. The summed E-state index contributed by atoms with van der Waals surface area (Å²) >= 11 is 0. The third-order valence-corrected chi connectivity index (χ3v) is 9.75. The van der Waals surface area contributed by atoms with Gasteiger partial charge < -0.3 is 19.1 Å². The predicted molar refractivity (Wildman–Crippen MR) is 126 cm³/mol. The lowest BCUT2D eigenvalue weighted by molar-refractivity contribution is -0.146. The molecule has 0 N–H and O–H groups in total. The summed E-state index contributed by atoms with van der Waals surface area (Å²) < 4.78 is 18.1. The van der Waals surface area contributed by atoms with Crippen LogP contribution in [0.5, 0.6) is 5.75 Å². The molecule has 0 unspecified atom stereocenters. The minimum Gasteiger partial charge on any atom is -0.497 e.